The van der Waals surface area contributed by atoms with E-state index in [-0.39, 0.29) is 0 Å². The molecule has 2 N–H and O–H groups in total. The fourth-order valence-electron chi connectivity index (χ4n) is 0.853. The van der Waals surface area contributed by atoms with Gasteiger partial charge in [-0.15, -0.1) is 0 Å². The van der Waals surface area contributed by atoms with Gasteiger partial charge in [-0.2, -0.15) is 11.8 Å². The summed E-state index contributed by atoms with van der Waals surface area (Å²) in [5.74, 6) is 1.22. The number of hydrogen-bond acceptors (Lipinski definition) is 2. The number of hydrogen-bond donors (Lipinski definition) is 1. The fourth-order valence-corrected chi connectivity index (χ4v) is 1.97. The Morgan fingerprint density at radius 1 is 1.62 bits per heavy atom. The molecule has 0 spiro atoms. The Balaban J connectivity index is 2.20. The van der Waals surface area contributed by atoms with Crippen LogP contribution in [0.4, 0.5) is 0 Å². The maximum Gasteiger partial charge on any atom is 0.0283 e. The molecule has 0 aliphatic heterocycles. The Morgan fingerprint density at radius 3 is 2.38 bits per heavy atom. The maximum atomic E-state index is 5.53. The minimum Gasteiger partial charge on any atom is -0.329 e. The fraction of sp³-hybridized carbons (Fsp3) is 1.00. The molecule has 2 heteroatoms. The van der Waals surface area contributed by atoms with Crippen LogP contribution >= 0.6 is 11.8 Å². The molecule has 1 aliphatic carbocycles. The van der Waals surface area contributed by atoms with Gasteiger partial charge in [-0.3, -0.25) is 0 Å². The van der Waals surface area contributed by atoms with Gasteiger partial charge >= 0.3 is 0 Å². The van der Waals surface area contributed by atoms with Gasteiger partial charge in [-0.25, -0.2) is 0 Å². The number of thioether (sulfide) groups is 1. The van der Waals surface area contributed by atoms with Crippen LogP contribution in [0.3, 0.4) is 0 Å². The standard InChI is InChI=1S/C6H13NS/c1-2-8-6(5-7)3-4-6/h2-5,7H2,1H3. The van der Waals surface area contributed by atoms with Gasteiger partial charge in [0.2, 0.25) is 0 Å². The summed E-state index contributed by atoms with van der Waals surface area (Å²) in [6.07, 6.45) is 2.70. The normalized spacial score (nSPS) is 23.2. The molecular formula is C6H13NS. The van der Waals surface area contributed by atoms with Crippen molar-refractivity contribution < 1.29 is 0 Å². The van der Waals surface area contributed by atoms with E-state index in [1.807, 2.05) is 11.8 Å². The van der Waals surface area contributed by atoms with Crippen molar-refractivity contribution in [3.63, 3.8) is 0 Å². The number of rotatable bonds is 3. The summed E-state index contributed by atoms with van der Waals surface area (Å²) in [6.45, 7) is 3.08. The topological polar surface area (TPSA) is 26.0 Å². The molecule has 48 valence electrons. The summed E-state index contributed by atoms with van der Waals surface area (Å²) in [5, 5.41) is 0. The van der Waals surface area contributed by atoms with Crippen LogP contribution in [0.5, 0.6) is 0 Å². The van der Waals surface area contributed by atoms with Crippen LogP contribution in [0.25, 0.3) is 0 Å². The quantitative estimate of drug-likeness (QED) is 0.623. The molecule has 0 aromatic heterocycles. The lowest BCUT2D eigenvalue weighted by molar-refractivity contribution is 0.900. The van der Waals surface area contributed by atoms with Gasteiger partial charge in [0.25, 0.3) is 0 Å². The van der Waals surface area contributed by atoms with E-state index >= 15 is 0 Å². The molecule has 0 aromatic carbocycles. The van der Waals surface area contributed by atoms with Gasteiger partial charge in [0.05, 0.1) is 0 Å². The summed E-state index contributed by atoms with van der Waals surface area (Å²) in [6, 6.07) is 0. The summed E-state index contributed by atoms with van der Waals surface area (Å²) in [7, 11) is 0. The van der Waals surface area contributed by atoms with E-state index in [1.54, 1.807) is 0 Å². The van der Waals surface area contributed by atoms with Crippen LogP contribution in [0.1, 0.15) is 19.8 Å². The van der Waals surface area contributed by atoms with E-state index < -0.39 is 0 Å². The third-order valence-electron chi connectivity index (χ3n) is 1.63. The monoisotopic (exact) mass is 131 g/mol. The lowest BCUT2D eigenvalue weighted by Gasteiger charge is -2.07. The molecule has 0 radical (unpaired) electrons. The minimum atomic E-state index is 0.536. The predicted molar refractivity (Wildman–Crippen MR) is 39.2 cm³/mol. The summed E-state index contributed by atoms with van der Waals surface area (Å²) in [4.78, 5) is 0. The molecule has 1 rings (SSSR count). The van der Waals surface area contributed by atoms with Crippen LogP contribution in [0.2, 0.25) is 0 Å². The Hall–Kier alpha value is 0.310. The third kappa shape index (κ3) is 1.17. The zero-order valence-electron chi connectivity index (χ0n) is 5.31. The van der Waals surface area contributed by atoms with Gasteiger partial charge in [0.1, 0.15) is 0 Å². The molecule has 8 heavy (non-hydrogen) atoms. The highest BCUT2D eigenvalue weighted by atomic mass is 32.2. The van der Waals surface area contributed by atoms with Crippen molar-refractivity contribution in [2.75, 3.05) is 12.3 Å². The van der Waals surface area contributed by atoms with Crippen molar-refractivity contribution in [1.29, 1.82) is 0 Å². The molecule has 1 nitrogen and oxygen atoms in total. The van der Waals surface area contributed by atoms with Gasteiger partial charge in [0, 0.05) is 11.3 Å². The molecule has 0 heterocycles. The first-order valence-electron chi connectivity index (χ1n) is 3.17. The summed E-state index contributed by atoms with van der Waals surface area (Å²) in [5.41, 5.74) is 5.53. The Morgan fingerprint density at radius 2 is 2.25 bits per heavy atom. The van der Waals surface area contributed by atoms with Gasteiger partial charge in [-0.05, 0) is 18.6 Å². The van der Waals surface area contributed by atoms with Gasteiger partial charge in [0.15, 0.2) is 0 Å². The predicted octanol–water partition coefficient (Wildman–Crippen LogP) is 1.23. The van der Waals surface area contributed by atoms with Crippen molar-refractivity contribution >= 4 is 11.8 Å². The lowest BCUT2D eigenvalue weighted by Crippen LogP contribution is -2.17. The smallest absolute Gasteiger partial charge is 0.0283 e. The molecule has 1 fully saturated rings. The first kappa shape index (κ1) is 6.43. The van der Waals surface area contributed by atoms with E-state index in [0.29, 0.717) is 4.75 Å². The highest BCUT2D eigenvalue weighted by Gasteiger charge is 2.40. The third-order valence-corrected chi connectivity index (χ3v) is 3.11. The zero-order valence-corrected chi connectivity index (χ0v) is 6.13. The first-order valence-corrected chi connectivity index (χ1v) is 4.15. The molecule has 1 aliphatic rings. The van der Waals surface area contributed by atoms with Crippen LogP contribution < -0.4 is 5.73 Å². The largest absolute Gasteiger partial charge is 0.329 e. The second-order valence-corrected chi connectivity index (χ2v) is 4.05. The second-order valence-electron chi connectivity index (χ2n) is 2.32. The molecule has 0 atom stereocenters. The maximum absolute atomic E-state index is 5.53. The SMILES string of the molecule is CCSC1(CN)CC1. The van der Waals surface area contributed by atoms with E-state index in [1.165, 1.54) is 18.6 Å². The van der Waals surface area contributed by atoms with Crippen LogP contribution in [-0.4, -0.2) is 17.0 Å². The molecule has 0 aromatic rings. The average Bonchev–Trinajstić information content (AvgIpc) is 2.50. The van der Waals surface area contributed by atoms with E-state index in [9.17, 15) is 0 Å². The van der Waals surface area contributed by atoms with Crippen molar-refractivity contribution in [1.82, 2.24) is 0 Å². The van der Waals surface area contributed by atoms with Crippen LogP contribution in [0.15, 0.2) is 0 Å². The highest BCUT2D eigenvalue weighted by molar-refractivity contribution is 8.00. The molecule has 0 amide bonds. The molecule has 0 unspecified atom stereocenters. The summed E-state index contributed by atoms with van der Waals surface area (Å²) < 4.78 is 0.536. The van der Waals surface area contributed by atoms with E-state index in [4.69, 9.17) is 5.73 Å². The van der Waals surface area contributed by atoms with Gasteiger partial charge in [-0.1, -0.05) is 6.92 Å². The number of nitrogens with two attached hydrogens (primary N) is 1. The molecule has 0 bridgehead atoms. The minimum absolute atomic E-state index is 0.536. The molecular weight excluding hydrogens is 118 g/mol. The Kier molecular flexibility index (Phi) is 1.83. The second kappa shape index (κ2) is 2.28. The van der Waals surface area contributed by atoms with E-state index in [2.05, 4.69) is 6.92 Å². The van der Waals surface area contributed by atoms with Crippen LogP contribution in [-0.2, 0) is 0 Å². The lowest BCUT2D eigenvalue weighted by atomic mass is 10.4. The van der Waals surface area contributed by atoms with Gasteiger partial charge < -0.3 is 5.73 Å². The molecule has 1 saturated carbocycles. The van der Waals surface area contributed by atoms with Crippen molar-refractivity contribution in [3.8, 4) is 0 Å². The first-order chi connectivity index (χ1) is 3.83. The summed E-state index contributed by atoms with van der Waals surface area (Å²) >= 11 is 2.02. The molecule has 0 saturated heterocycles. The Labute approximate surface area is 55.0 Å². The highest BCUT2D eigenvalue weighted by Crippen LogP contribution is 2.47. The Bertz CT molecular complexity index is 78.6. The van der Waals surface area contributed by atoms with Crippen molar-refractivity contribution in [2.45, 2.75) is 24.5 Å². The van der Waals surface area contributed by atoms with Crippen molar-refractivity contribution in [2.24, 2.45) is 5.73 Å². The average molecular weight is 131 g/mol. The van der Waals surface area contributed by atoms with Crippen LogP contribution in [0, 0.1) is 0 Å². The van der Waals surface area contributed by atoms with E-state index in [0.717, 1.165) is 6.54 Å². The van der Waals surface area contributed by atoms with Crippen molar-refractivity contribution in [3.05, 3.63) is 0 Å². The zero-order chi connectivity index (χ0) is 6.04.